The van der Waals surface area contributed by atoms with Crippen molar-refractivity contribution in [2.45, 2.75) is 97.1 Å². The van der Waals surface area contributed by atoms with E-state index in [1.807, 2.05) is 6.92 Å². The van der Waals surface area contributed by atoms with Gasteiger partial charge in [0.05, 0.1) is 12.1 Å². The molecule has 0 unspecified atom stereocenters. The highest BCUT2D eigenvalue weighted by atomic mass is 16.4. The highest BCUT2D eigenvalue weighted by Crippen LogP contribution is 2.08. The number of rotatable bonds is 16. The average Bonchev–Trinajstić information content (AvgIpc) is 2.80. The predicted octanol–water partition coefficient (Wildman–Crippen LogP) is -1.69. The molecule has 0 saturated carbocycles. The van der Waals surface area contributed by atoms with Gasteiger partial charge in [0.25, 0.3) is 0 Å². The molecule has 0 spiro atoms. The van der Waals surface area contributed by atoms with Crippen LogP contribution in [0.3, 0.4) is 0 Å². The first kappa shape index (κ1) is 33.7. The number of hydrogen-bond donors (Lipinski definition) is 8. The molecule has 14 heteroatoms. The first-order valence-electron chi connectivity index (χ1n) is 12.1. The van der Waals surface area contributed by atoms with Crippen molar-refractivity contribution in [1.29, 1.82) is 0 Å². The largest absolute Gasteiger partial charge is 0.481 e. The Morgan fingerprint density at radius 3 is 1.73 bits per heavy atom. The van der Waals surface area contributed by atoms with E-state index >= 15 is 0 Å². The summed E-state index contributed by atoms with van der Waals surface area (Å²) in [5.41, 5.74) is 5.89. The van der Waals surface area contributed by atoms with E-state index in [4.69, 9.17) is 10.8 Å². The second-order valence-corrected chi connectivity index (χ2v) is 9.43. The van der Waals surface area contributed by atoms with Gasteiger partial charge in [0.2, 0.25) is 23.6 Å². The maximum Gasteiger partial charge on any atom is 0.326 e. The van der Waals surface area contributed by atoms with E-state index in [0.29, 0.717) is 6.42 Å². The highest BCUT2D eigenvalue weighted by Gasteiger charge is 2.33. The molecule has 14 nitrogen and oxygen atoms in total. The van der Waals surface area contributed by atoms with Crippen molar-refractivity contribution in [2.75, 3.05) is 0 Å². The van der Waals surface area contributed by atoms with Crippen molar-refractivity contribution in [1.82, 2.24) is 21.3 Å². The fourth-order valence-electron chi connectivity index (χ4n) is 3.14. The first-order chi connectivity index (χ1) is 17.0. The third-order valence-corrected chi connectivity index (χ3v) is 5.88. The summed E-state index contributed by atoms with van der Waals surface area (Å²) in [5.74, 6) is -6.49. The van der Waals surface area contributed by atoms with Gasteiger partial charge >= 0.3 is 11.9 Å². The molecule has 0 fully saturated rings. The number of nitrogens with two attached hydrogens (primary N) is 1. The zero-order valence-electron chi connectivity index (χ0n) is 22.1. The van der Waals surface area contributed by atoms with E-state index in [2.05, 4.69) is 21.3 Å². The number of aliphatic hydroxyl groups excluding tert-OH is 1. The molecule has 0 aliphatic rings. The van der Waals surface area contributed by atoms with Crippen molar-refractivity contribution >= 4 is 35.6 Å². The molecule has 0 heterocycles. The summed E-state index contributed by atoms with van der Waals surface area (Å²) in [5, 5.41) is 37.6. The van der Waals surface area contributed by atoms with E-state index in [0.717, 1.165) is 0 Å². The van der Waals surface area contributed by atoms with Gasteiger partial charge in [0.1, 0.15) is 24.2 Å². The molecule has 0 aliphatic carbocycles. The minimum atomic E-state index is -1.57. The van der Waals surface area contributed by atoms with Crippen LogP contribution in [0.1, 0.15) is 60.8 Å². The Morgan fingerprint density at radius 2 is 1.30 bits per heavy atom. The second-order valence-electron chi connectivity index (χ2n) is 9.43. The van der Waals surface area contributed by atoms with Gasteiger partial charge in [-0.3, -0.25) is 24.0 Å². The van der Waals surface area contributed by atoms with Gasteiger partial charge in [-0.15, -0.1) is 0 Å². The van der Waals surface area contributed by atoms with Crippen molar-refractivity contribution in [3.05, 3.63) is 0 Å². The van der Waals surface area contributed by atoms with Crippen molar-refractivity contribution in [3.63, 3.8) is 0 Å². The van der Waals surface area contributed by atoms with Gasteiger partial charge in [-0.25, -0.2) is 4.79 Å². The summed E-state index contributed by atoms with van der Waals surface area (Å²) in [6.45, 7) is 9.25. The van der Waals surface area contributed by atoms with Crippen molar-refractivity contribution in [2.24, 2.45) is 17.6 Å². The minimum Gasteiger partial charge on any atom is -0.481 e. The Balaban J connectivity index is 5.51. The van der Waals surface area contributed by atoms with Gasteiger partial charge in [-0.05, 0) is 32.1 Å². The third kappa shape index (κ3) is 11.6. The topological polar surface area (TPSA) is 237 Å². The van der Waals surface area contributed by atoms with Crippen LogP contribution in [0.5, 0.6) is 0 Å². The average molecular weight is 532 g/mol. The van der Waals surface area contributed by atoms with Crippen LogP contribution in [0.25, 0.3) is 0 Å². The van der Waals surface area contributed by atoms with E-state index in [1.54, 1.807) is 20.8 Å². The molecule has 212 valence electrons. The fraction of sp³-hybridized carbons (Fsp3) is 0.739. The number of hydrogen-bond acceptors (Lipinski definition) is 8. The smallest absolute Gasteiger partial charge is 0.326 e. The number of nitrogens with one attached hydrogen (secondary N) is 4. The molecule has 0 aromatic carbocycles. The Morgan fingerprint density at radius 1 is 0.757 bits per heavy atom. The van der Waals surface area contributed by atoms with E-state index in [9.17, 15) is 39.0 Å². The Labute approximate surface area is 216 Å². The summed E-state index contributed by atoms with van der Waals surface area (Å²) < 4.78 is 0. The van der Waals surface area contributed by atoms with Crippen LogP contribution < -0.4 is 27.0 Å². The van der Waals surface area contributed by atoms with Gasteiger partial charge < -0.3 is 42.3 Å². The van der Waals surface area contributed by atoms with Crippen LogP contribution in [0, 0.1) is 11.8 Å². The van der Waals surface area contributed by atoms with Gasteiger partial charge in [0, 0.05) is 6.42 Å². The lowest BCUT2D eigenvalue weighted by Gasteiger charge is -2.27. The van der Waals surface area contributed by atoms with Crippen LogP contribution in [0.2, 0.25) is 0 Å². The van der Waals surface area contributed by atoms with Crippen molar-refractivity contribution < 1.29 is 44.1 Å². The molecule has 7 atom stereocenters. The highest BCUT2D eigenvalue weighted by molar-refractivity contribution is 5.95. The molecule has 0 aromatic heterocycles. The minimum absolute atomic E-state index is 0.219. The summed E-state index contributed by atoms with van der Waals surface area (Å²) in [6.07, 6.45) is -1.64. The molecule has 0 saturated heterocycles. The zero-order chi connectivity index (χ0) is 29.0. The first-order valence-corrected chi connectivity index (χ1v) is 12.1. The number of carbonyl (C=O) groups is 6. The number of amides is 4. The fourth-order valence-corrected chi connectivity index (χ4v) is 3.14. The number of carbonyl (C=O) groups excluding carboxylic acids is 4. The molecular formula is C23H41N5O9. The third-order valence-electron chi connectivity index (χ3n) is 5.88. The van der Waals surface area contributed by atoms with Crippen LogP contribution in [-0.4, -0.2) is 87.2 Å². The zero-order valence-corrected chi connectivity index (χ0v) is 22.1. The number of aliphatic carboxylic acids is 2. The summed E-state index contributed by atoms with van der Waals surface area (Å²) in [4.78, 5) is 72.9. The van der Waals surface area contributed by atoms with E-state index < -0.39 is 84.2 Å². The SMILES string of the molecule is CC[C@H](C)[C@H](N)C(=O)N[C@@H](CCC(=O)O)C(=O)N[C@H](C(=O)N[C@@H](C)C(=O)N[C@H](C(=O)O)C(C)C)[C@@H](C)O. The monoisotopic (exact) mass is 531 g/mol. The molecule has 37 heavy (non-hydrogen) atoms. The lowest BCUT2D eigenvalue weighted by atomic mass is 9.98. The Hall–Kier alpha value is -3.26. The Kier molecular flexibility index (Phi) is 14.4. The van der Waals surface area contributed by atoms with Gasteiger partial charge in [-0.2, -0.15) is 0 Å². The van der Waals surface area contributed by atoms with Crippen molar-refractivity contribution in [3.8, 4) is 0 Å². The van der Waals surface area contributed by atoms with Crippen LogP contribution in [0.4, 0.5) is 0 Å². The molecular weight excluding hydrogens is 490 g/mol. The molecule has 0 aliphatic heterocycles. The summed E-state index contributed by atoms with van der Waals surface area (Å²) in [6, 6.07) is -6.31. The maximum absolute atomic E-state index is 12.9. The molecule has 9 N–H and O–H groups in total. The van der Waals surface area contributed by atoms with Gasteiger partial charge in [-0.1, -0.05) is 34.1 Å². The summed E-state index contributed by atoms with van der Waals surface area (Å²) >= 11 is 0. The standard InChI is InChI=1S/C23H41N5O9/c1-7-11(4)16(24)21(34)26-14(8-9-15(30)31)20(33)28-18(13(6)29)22(35)25-12(5)19(32)27-17(10(2)3)23(36)37/h10-14,16-18,29H,7-9,24H2,1-6H3,(H,25,35)(H,26,34)(H,27,32)(H,28,33)(H,30,31)(H,36,37)/t11-,12-,13+,14-,16-,17-,18-/m0/s1. The van der Waals surface area contributed by atoms with Crippen LogP contribution >= 0.6 is 0 Å². The molecule has 0 bridgehead atoms. The normalized spacial score (nSPS) is 16.8. The Bertz CT molecular complexity index is 833. The van der Waals surface area contributed by atoms with Crippen LogP contribution in [-0.2, 0) is 28.8 Å². The van der Waals surface area contributed by atoms with E-state index in [1.165, 1.54) is 13.8 Å². The number of carboxylic acids is 2. The summed E-state index contributed by atoms with van der Waals surface area (Å²) in [7, 11) is 0. The maximum atomic E-state index is 12.9. The molecule has 0 radical (unpaired) electrons. The lowest BCUT2D eigenvalue weighted by molar-refractivity contribution is -0.143. The lowest BCUT2D eigenvalue weighted by Crippen LogP contribution is -2.60. The predicted molar refractivity (Wildman–Crippen MR) is 132 cm³/mol. The molecule has 0 aromatic rings. The van der Waals surface area contributed by atoms with E-state index in [-0.39, 0.29) is 12.3 Å². The quantitative estimate of drug-likeness (QED) is 0.112. The van der Waals surface area contributed by atoms with Gasteiger partial charge in [0.15, 0.2) is 0 Å². The number of carboxylic acid groups (broad SMARTS) is 2. The second kappa shape index (κ2) is 15.8. The number of aliphatic hydroxyl groups is 1. The molecule has 0 rings (SSSR count). The molecule has 4 amide bonds. The van der Waals surface area contributed by atoms with Crippen LogP contribution in [0.15, 0.2) is 0 Å².